The van der Waals surface area contributed by atoms with E-state index >= 15 is 0 Å². The molecule has 0 radical (unpaired) electrons. The fraction of sp³-hybridized carbons (Fsp3) is 0.111. The van der Waals surface area contributed by atoms with Crippen LogP contribution in [0.4, 0.5) is 10.3 Å². The van der Waals surface area contributed by atoms with Crippen molar-refractivity contribution in [2.45, 2.75) is 11.9 Å². The van der Waals surface area contributed by atoms with Crippen LogP contribution in [0.15, 0.2) is 51.6 Å². The molecular formula is C18H13FN4O2S2. The Morgan fingerprint density at radius 2 is 2.11 bits per heavy atom. The fourth-order valence-electron chi connectivity index (χ4n) is 2.53. The highest BCUT2D eigenvalue weighted by Gasteiger charge is 2.15. The van der Waals surface area contributed by atoms with Crippen LogP contribution >= 0.6 is 23.1 Å². The van der Waals surface area contributed by atoms with Crippen molar-refractivity contribution in [2.24, 2.45) is 0 Å². The van der Waals surface area contributed by atoms with Gasteiger partial charge in [-0.15, -0.1) is 11.3 Å². The van der Waals surface area contributed by atoms with E-state index in [1.807, 2.05) is 5.38 Å². The molecule has 0 fully saturated rings. The Morgan fingerprint density at radius 3 is 2.85 bits per heavy atom. The van der Waals surface area contributed by atoms with Gasteiger partial charge in [0.1, 0.15) is 22.0 Å². The summed E-state index contributed by atoms with van der Waals surface area (Å²) in [7, 11) is 0. The second-order valence-corrected chi connectivity index (χ2v) is 7.51. The number of aryl methyl sites for hydroxylation is 1. The Bertz CT molecular complexity index is 1110. The minimum atomic E-state index is -0.288. The van der Waals surface area contributed by atoms with Gasteiger partial charge in [0.05, 0.1) is 16.8 Å². The summed E-state index contributed by atoms with van der Waals surface area (Å²) < 4.78 is 18.2. The fourth-order valence-corrected chi connectivity index (χ4v) is 4.32. The molecule has 136 valence electrons. The van der Waals surface area contributed by atoms with E-state index in [0.29, 0.717) is 16.6 Å². The number of rotatable bonds is 5. The third-order valence-electron chi connectivity index (χ3n) is 3.72. The van der Waals surface area contributed by atoms with Gasteiger partial charge in [0.25, 0.3) is 0 Å². The van der Waals surface area contributed by atoms with E-state index in [9.17, 15) is 9.18 Å². The van der Waals surface area contributed by atoms with Crippen molar-refractivity contribution in [3.05, 3.63) is 53.6 Å². The lowest BCUT2D eigenvalue weighted by atomic mass is 10.1. The van der Waals surface area contributed by atoms with E-state index in [0.717, 1.165) is 21.3 Å². The molecule has 0 unspecified atom stereocenters. The molecule has 0 aliphatic carbocycles. The summed E-state index contributed by atoms with van der Waals surface area (Å²) in [6.45, 7) is 1.78. The summed E-state index contributed by atoms with van der Waals surface area (Å²) in [5, 5.41) is 9.92. The molecule has 1 aromatic carbocycles. The van der Waals surface area contributed by atoms with Crippen LogP contribution in [0.3, 0.4) is 0 Å². The normalized spacial score (nSPS) is 11.0. The average Bonchev–Trinajstić information content (AvgIpc) is 3.27. The van der Waals surface area contributed by atoms with Gasteiger partial charge in [0.2, 0.25) is 11.8 Å². The molecule has 1 amide bonds. The number of thioether (sulfide) groups is 1. The first kappa shape index (κ1) is 17.6. The van der Waals surface area contributed by atoms with Crippen molar-refractivity contribution >= 4 is 45.1 Å². The molecular weight excluding hydrogens is 387 g/mol. The molecule has 0 atom stereocenters. The van der Waals surface area contributed by atoms with Gasteiger partial charge in [-0.1, -0.05) is 29.1 Å². The summed E-state index contributed by atoms with van der Waals surface area (Å²) in [6.07, 6.45) is 1.48. The summed E-state index contributed by atoms with van der Waals surface area (Å²) in [6, 6.07) is 7.93. The molecule has 27 heavy (non-hydrogen) atoms. The van der Waals surface area contributed by atoms with Crippen LogP contribution in [0.2, 0.25) is 0 Å². The van der Waals surface area contributed by atoms with E-state index in [1.54, 1.807) is 25.1 Å². The van der Waals surface area contributed by atoms with Gasteiger partial charge in [-0.25, -0.2) is 14.4 Å². The predicted molar refractivity (Wildman–Crippen MR) is 103 cm³/mol. The summed E-state index contributed by atoms with van der Waals surface area (Å²) in [5.41, 5.74) is 2.49. The number of thiophene rings is 1. The molecule has 3 heterocycles. The SMILES string of the molecule is Cc1cc(NC(=O)CSc2ncnc3scc(-c4ccc(F)cc4)c23)on1. The van der Waals surface area contributed by atoms with Crippen LogP contribution in [0, 0.1) is 12.7 Å². The highest BCUT2D eigenvalue weighted by atomic mass is 32.2. The van der Waals surface area contributed by atoms with Crippen molar-refractivity contribution < 1.29 is 13.7 Å². The van der Waals surface area contributed by atoms with Gasteiger partial charge in [-0.2, -0.15) is 0 Å². The Kier molecular flexibility index (Phi) is 4.87. The first-order valence-electron chi connectivity index (χ1n) is 7.94. The maximum atomic E-state index is 13.2. The number of fused-ring (bicyclic) bond motifs is 1. The van der Waals surface area contributed by atoms with Crippen LogP contribution < -0.4 is 5.32 Å². The third kappa shape index (κ3) is 3.83. The van der Waals surface area contributed by atoms with Gasteiger partial charge in [0, 0.05) is 17.0 Å². The topological polar surface area (TPSA) is 80.9 Å². The molecule has 0 spiro atoms. The lowest BCUT2D eigenvalue weighted by Gasteiger charge is -2.05. The number of hydrogen-bond donors (Lipinski definition) is 1. The number of amides is 1. The molecule has 1 N–H and O–H groups in total. The number of hydrogen-bond acceptors (Lipinski definition) is 7. The first-order chi connectivity index (χ1) is 13.1. The van der Waals surface area contributed by atoms with Gasteiger partial charge in [-0.05, 0) is 24.6 Å². The van der Waals surface area contributed by atoms with E-state index in [1.165, 1.54) is 41.6 Å². The minimum absolute atomic E-state index is 0.157. The number of nitrogens with zero attached hydrogens (tertiary/aromatic N) is 3. The highest BCUT2D eigenvalue weighted by molar-refractivity contribution is 8.00. The maximum Gasteiger partial charge on any atom is 0.237 e. The Morgan fingerprint density at radius 1 is 1.30 bits per heavy atom. The van der Waals surface area contributed by atoms with Gasteiger partial charge in [-0.3, -0.25) is 10.1 Å². The standard InChI is InChI=1S/C18H13FN4O2S2/c1-10-6-15(25-23-10)22-14(24)8-27-18-16-13(7-26-17(16)20-9-21-18)11-2-4-12(19)5-3-11/h2-7,9H,8H2,1H3,(H,22,24). The number of anilines is 1. The van der Waals surface area contributed by atoms with Gasteiger partial charge >= 0.3 is 0 Å². The Labute approximate surface area is 161 Å². The highest BCUT2D eigenvalue weighted by Crippen LogP contribution is 2.37. The number of aromatic nitrogens is 3. The zero-order valence-electron chi connectivity index (χ0n) is 14.1. The monoisotopic (exact) mass is 400 g/mol. The van der Waals surface area contributed by atoms with E-state index in [4.69, 9.17) is 4.52 Å². The number of halogens is 1. The Balaban J connectivity index is 1.57. The number of carbonyl (C=O) groups is 1. The summed E-state index contributed by atoms with van der Waals surface area (Å²) >= 11 is 2.79. The van der Waals surface area contributed by atoms with Crippen molar-refractivity contribution in [1.82, 2.24) is 15.1 Å². The second kappa shape index (κ2) is 7.45. The zero-order valence-corrected chi connectivity index (χ0v) is 15.7. The molecule has 3 aromatic heterocycles. The number of benzene rings is 1. The predicted octanol–water partition coefficient (Wildman–Crippen LogP) is 4.52. The molecule has 4 aromatic rings. The van der Waals surface area contributed by atoms with Crippen molar-refractivity contribution in [3.63, 3.8) is 0 Å². The molecule has 0 aliphatic heterocycles. The average molecular weight is 400 g/mol. The molecule has 0 saturated carbocycles. The van der Waals surface area contributed by atoms with Crippen molar-refractivity contribution in [2.75, 3.05) is 11.1 Å². The van der Waals surface area contributed by atoms with Crippen LogP contribution in [-0.2, 0) is 4.79 Å². The second-order valence-electron chi connectivity index (χ2n) is 5.68. The molecule has 0 bridgehead atoms. The van der Waals surface area contributed by atoms with Gasteiger partial charge < -0.3 is 4.52 Å². The van der Waals surface area contributed by atoms with Crippen molar-refractivity contribution in [1.29, 1.82) is 0 Å². The van der Waals surface area contributed by atoms with Gasteiger partial charge in [0.15, 0.2) is 0 Å². The smallest absolute Gasteiger partial charge is 0.237 e. The summed E-state index contributed by atoms with van der Waals surface area (Å²) in [5.74, 6) is -0.0386. The van der Waals surface area contributed by atoms with Crippen LogP contribution in [0.25, 0.3) is 21.3 Å². The zero-order chi connectivity index (χ0) is 18.8. The number of carbonyl (C=O) groups excluding carboxylic acids is 1. The lowest BCUT2D eigenvalue weighted by molar-refractivity contribution is -0.113. The molecule has 4 rings (SSSR count). The van der Waals surface area contributed by atoms with Crippen LogP contribution in [0.5, 0.6) is 0 Å². The Hall–Kier alpha value is -2.78. The van der Waals surface area contributed by atoms with Crippen LogP contribution in [-0.4, -0.2) is 26.8 Å². The van der Waals surface area contributed by atoms with E-state index < -0.39 is 0 Å². The quantitative estimate of drug-likeness (QED) is 0.392. The molecule has 0 saturated heterocycles. The largest absolute Gasteiger partial charge is 0.338 e. The van der Waals surface area contributed by atoms with E-state index in [-0.39, 0.29) is 17.5 Å². The number of nitrogens with one attached hydrogen (secondary N) is 1. The van der Waals surface area contributed by atoms with E-state index in [2.05, 4.69) is 20.4 Å². The van der Waals surface area contributed by atoms with Crippen LogP contribution in [0.1, 0.15) is 5.69 Å². The van der Waals surface area contributed by atoms with Crippen molar-refractivity contribution in [3.8, 4) is 11.1 Å². The first-order valence-corrected chi connectivity index (χ1v) is 9.81. The summed E-state index contributed by atoms with van der Waals surface area (Å²) in [4.78, 5) is 21.6. The molecule has 9 heteroatoms. The lowest BCUT2D eigenvalue weighted by Crippen LogP contribution is -2.13. The molecule has 0 aliphatic rings. The third-order valence-corrected chi connectivity index (χ3v) is 5.60. The molecule has 6 nitrogen and oxygen atoms in total. The minimum Gasteiger partial charge on any atom is -0.338 e. The maximum absolute atomic E-state index is 13.2.